The summed E-state index contributed by atoms with van der Waals surface area (Å²) < 4.78 is 5.05. The van der Waals surface area contributed by atoms with Gasteiger partial charge in [-0.2, -0.15) is 0 Å². The van der Waals surface area contributed by atoms with E-state index in [9.17, 15) is 4.79 Å². The molecule has 0 saturated heterocycles. The van der Waals surface area contributed by atoms with Gasteiger partial charge in [0.1, 0.15) is 11.8 Å². The molecule has 1 aromatic rings. The molecule has 0 heterocycles. The number of carbonyl (C=O) groups is 1. The van der Waals surface area contributed by atoms with Gasteiger partial charge in [-0.05, 0) is 31.2 Å². The second-order valence-corrected chi connectivity index (χ2v) is 4.14. The topological polar surface area (TPSA) is 96.0 Å². The molecule has 1 aromatic carbocycles. The molecule has 0 saturated carbocycles. The van der Waals surface area contributed by atoms with E-state index in [-0.39, 0.29) is 13.2 Å². The Morgan fingerprint density at radius 2 is 1.79 bits per heavy atom. The number of rotatable bonds is 7. The van der Waals surface area contributed by atoms with Gasteiger partial charge >= 0.3 is 5.97 Å². The maximum absolute atomic E-state index is 11.3. The van der Waals surface area contributed by atoms with Gasteiger partial charge in [0.25, 0.3) is 0 Å². The molecule has 1 rings (SSSR count). The van der Waals surface area contributed by atoms with Gasteiger partial charge in [-0.25, -0.2) is 4.79 Å². The molecule has 0 aliphatic carbocycles. The predicted octanol–water partition coefficient (Wildman–Crippen LogP) is -0.270. The van der Waals surface area contributed by atoms with Crippen LogP contribution in [0.5, 0.6) is 5.75 Å². The fourth-order valence-corrected chi connectivity index (χ4v) is 1.55. The highest BCUT2D eigenvalue weighted by Crippen LogP contribution is 2.19. The zero-order valence-electron chi connectivity index (χ0n) is 11.0. The maximum atomic E-state index is 11.3. The van der Waals surface area contributed by atoms with Crippen LogP contribution in [0.3, 0.4) is 0 Å². The van der Waals surface area contributed by atoms with Crippen LogP contribution in [0.2, 0.25) is 0 Å². The lowest BCUT2D eigenvalue weighted by molar-refractivity contribution is -0.135. The largest absolute Gasteiger partial charge is 0.425 e. The van der Waals surface area contributed by atoms with E-state index in [2.05, 4.69) is 0 Å². The summed E-state index contributed by atoms with van der Waals surface area (Å²) in [6.07, 6.45) is 0. The Hall–Kier alpha value is -1.63. The summed E-state index contributed by atoms with van der Waals surface area (Å²) in [5.41, 5.74) is 6.24. The molecule has 106 valence electrons. The van der Waals surface area contributed by atoms with Crippen LogP contribution in [0.15, 0.2) is 24.3 Å². The molecule has 0 spiro atoms. The van der Waals surface area contributed by atoms with E-state index in [4.69, 9.17) is 20.7 Å². The van der Waals surface area contributed by atoms with E-state index < -0.39 is 12.0 Å². The summed E-state index contributed by atoms with van der Waals surface area (Å²) in [4.78, 5) is 13.1. The smallest absolute Gasteiger partial charge is 0.328 e. The molecule has 6 heteroatoms. The summed E-state index contributed by atoms with van der Waals surface area (Å²) in [5.74, 6) is -0.0747. The van der Waals surface area contributed by atoms with E-state index in [1.165, 1.54) is 0 Å². The molecular formula is C13H20N2O4. The van der Waals surface area contributed by atoms with Gasteiger partial charge in [0, 0.05) is 18.8 Å². The minimum Gasteiger partial charge on any atom is -0.425 e. The van der Waals surface area contributed by atoms with Crippen LogP contribution in [0, 0.1) is 0 Å². The molecule has 0 unspecified atom stereocenters. The van der Waals surface area contributed by atoms with Crippen LogP contribution < -0.4 is 15.4 Å². The van der Waals surface area contributed by atoms with Crippen molar-refractivity contribution in [3.05, 3.63) is 24.3 Å². The number of ether oxygens (including phenoxy) is 1. The lowest BCUT2D eigenvalue weighted by Gasteiger charge is -2.23. The zero-order chi connectivity index (χ0) is 14.3. The summed E-state index contributed by atoms with van der Waals surface area (Å²) in [6, 6.07) is 6.15. The fourth-order valence-electron chi connectivity index (χ4n) is 1.55. The van der Waals surface area contributed by atoms with Crippen molar-refractivity contribution in [2.24, 2.45) is 5.73 Å². The molecule has 0 bridgehead atoms. The first-order valence-electron chi connectivity index (χ1n) is 6.12. The Labute approximate surface area is 112 Å². The standard InChI is InChI=1S/C13H20N2O4/c1-10(14)13(18)19-12-4-2-11(3-5-12)15(6-8-16)7-9-17/h2-5,10,16-17H,6-9,14H2,1H3/t10-/m0/s1. The Kier molecular flexibility index (Phi) is 6.27. The average molecular weight is 268 g/mol. The maximum Gasteiger partial charge on any atom is 0.328 e. The summed E-state index contributed by atoms with van der Waals surface area (Å²) >= 11 is 0. The molecule has 0 amide bonds. The quantitative estimate of drug-likeness (QED) is 0.465. The number of nitrogens with zero attached hydrogens (tertiary/aromatic N) is 1. The van der Waals surface area contributed by atoms with Crippen molar-refractivity contribution in [1.29, 1.82) is 0 Å². The summed E-state index contributed by atoms with van der Waals surface area (Å²) in [6.45, 7) is 2.42. The number of hydrogen-bond acceptors (Lipinski definition) is 6. The van der Waals surface area contributed by atoms with Crippen LogP contribution >= 0.6 is 0 Å². The average Bonchev–Trinajstić information content (AvgIpc) is 2.39. The Bertz CT molecular complexity index is 386. The molecular weight excluding hydrogens is 248 g/mol. The number of esters is 1. The molecule has 0 fully saturated rings. The van der Waals surface area contributed by atoms with Crippen molar-refractivity contribution in [2.45, 2.75) is 13.0 Å². The normalized spacial score (nSPS) is 12.0. The minimum absolute atomic E-state index is 0.00141. The number of hydrogen-bond donors (Lipinski definition) is 3. The Morgan fingerprint density at radius 3 is 2.21 bits per heavy atom. The van der Waals surface area contributed by atoms with Gasteiger partial charge < -0.3 is 25.6 Å². The highest BCUT2D eigenvalue weighted by molar-refractivity contribution is 5.77. The van der Waals surface area contributed by atoms with E-state index in [0.29, 0.717) is 18.8 Å². The number of benzene rings is 1. The van der Waals surface area contributed by atoms with E-state index >= 15 is 0 Å². The van der Waals surface area contributed by atoms with E-state index in [0.717, 1.165) is 5.69 Å². The number of aliphatic hydroxyl groups is 2. The van der Waals surface area contributed by atoms with Crippen LogP contribution in [0.1, 0.15) is 6.92 Å². The third kappa shape index (κ3) is 4.86. The summed E-state index contributed by atoms with van der Waals surface area (Å²) in [5, 5.41) is 17.9. The monoisotopic (exact) mass is 268 g/mol. The van der Waals surface area contributed by atoms with Gasteiger partial charge in [-0.3, -0.25) is 0 Å². The molecule has 19 heavy (non-hydrogen) atoms. The SMILES string of the molecule is C[C@H](N)C(=O)Oc1ccc(N(CCO)CCO)cc1. The first-order valence-corrected chi connectivity index (χ1v) is 6.12. The number of aliphatic hydroxyl groups excluding tert-OH is 2. The number of nitrogens with two attached hydrogens (primary N) is 1. The number of anilines is 1. The molecule has 1 atom stereocenters. The second-order valence-electron chi connectivity index (χ2n) is 4.14. The fraction of sp³-hybridized carbons (Fsp3) is 0.462. The van der Waals surface area contributed by atoms with Crippen molar-refractivity contribution in [3.63, 3.8) is 0 Å². The van der Waals surface area contributed by atoms with Gasteiger partial charge in [0.05, 0.1) is 13.2 Å². The van der Waals surface area contributed by atoms with E-state index in [1.54, 1.807) is 31.2 Å². The lowest BCUT2D eigenvalue weighted by Crippen LogP contribution is -2.31. The highest BCUT2D eigenvalue weighted by atomic mass is 16.5. The van der Waals surface area contributed by atoms with Gasteiger partial charge in [-0.1, -0.05) is 0 Å². The first-order chi connectivity index (χ1) is 9.08. The number of carbonyl (C=O) groups excluding carboxylic acids is 1. The molecule has 0 aliphatic heterocycles. The highest BCUT2D eigenvalue weighted by Gasteiger charge is 2.11. The Balaban J connectivity index is 2.71. The molecule has 4 N–H and O–H groups in total. The van der Waals surface area contributed by atoms with Crippen molar-refractivity contribution < 1.29 is 19.7 Å². The first kappa shape index (κ1) is 15.4. The van der Waals surface area contributed by atoms with E-state index in [1.807, 2.05) is 4.90 Å². The molecule has 0 aromatic heterocycles. The second kappa shape index (κ2) is 7.73. The minimum atomic E-state index is -0.667. The van der Waals surface area contributed by atoms with Gasteiger partial charge in [0.2, 0.25) is 0 Å². The van der Waals surface area contributed by atoms with Crippen LogP contribution in [-0.4, -0.2) is 48.5 Å². The van der Waals surface area contributed by atoms with Crippen molar-refractivity contribution in [1.82, 2.24) is 0 Å². The molecule has 0 radical (unpaired) electrons. The zero-order valence-corrected chi connectivity index (χ0v) is 11.0. The van der Waals surface area contributed by atoms with Crippen molar-refractivity contribution >= 4 is 11.7 Å². The van der Waals surface area contributed by atoms with Crippen LogP contribution in [0.4, 0.5) is 5.69 Å². The molecule has 0 aliphatic rings. The summed E-state index contributed by atoms with van der Waals surface area (Å²) in [7, 11) is 0. The predicted molar refractivity (Wildman–Crippen MR) is 72.1 cm³/mol. The Morgan fingerprint density at radius 1 is 1.26 bits per heavy atom. The molecule has 6 nitrogen and oxygen atoms in total. The van der Waals surface area contributed by atoms with Crippen molar-refractivity contribution in [2.75, 3.05) is 31.2 Å². The lowest BCUT2D eigenvalue weighted by atomic mass is 10.2. The van der Waals surface area contributed by atoms with Gasteiger partial charge in [-0.15, -0.1) is 0 Å². The van der Waals surface area contributed by atoms with Crippen LogP contribution in [0.25, 0.3) is 0 Å². The third-order valence-electron chi connectivity index (χ3n) is 2.53. The third-order valence-corrected chi connectivity index (χ3v) is 2.53. The van der Waals surface area contributed by atoms with Gasteiger partial charge in [0.15, 0.2) is 0 Å². The van der Waals surface area contributed by atoms with Crippen LogP contribution in [-0.2, 0) is 4.79 Å². The van der Waals surface area contributed by atoms with Crippen molar-refractivity contribution in [3.8, 4) is 5.75 Å².